The lowest BCUT2D eigenvalue weighted by atomic mass is 10.0. The van der Waals surface area contributed by atoms with E-state index < -0.39 is 11.3 Å². The Labute approximate surface area is 80.6 Å². The van der Waals surface area contributed by atoms with Crippen molar-refractivity contribution >= 4 is 17.0 Å². The second kappa shape index (κ2) is 3.89. The average Bonchev–Trinajstić information content (AvgIpc) is 2.06. The first-order chi connectivity index (χ1) is 6.02. The highest BCUT2D eigenvalue weighted by atomic mass is 32.2. The summed E-state index contributed by atoms with van der Waals surface area (Å²) in [5.74, 6) is 0. The molecule has 0 aliphatic carbocycles. The molecule has 1 atom stereocenters. The van der Waals surface area contributed by atoms with Crippen LogP contribution < -0.4 is 4.72 Å². The van der Waals surface area contributed by atoms with Crippen molar-refractivity contribution in [2.24, 2.45) is 0 Å². The van der Waals surface area contributed by atoms with Gasteiger partial charge in [-0.15, -0.1) is 0 Å². The van der Waals surface area contributed by atoms with Gasteiger partial charge in [0.25, 0.3) is 0 Å². The number of aryl methyl sites for hydroxylation is 1. The van der Waals surface area contributed by atoms with Crippen LogP contribution in [0.15, 0.2) is 12.1 Å². The lowest BCUT2D eigenvalue weighted by Gasteiger charge is -2.14. The molecular formula is C9H12NO2S-. The van der Waals surface area contributed by atoms with Crippen molar-refractivity contribution in [2.45, 2.75) is 20.8 Å². The molecule has 0 radical (unpaired) electrons. The van der Waals surface area contributed by atoms with Gasteiger partial charge in [0.2, 0.25) is 0 Å². The van der Waals surface area contributed by atoms with Gasteiger partial charge in [-0.3, -0.25) is 4.21 Å². The second-order valence-electron chi connectivity index (χ2n) is 3.02. The molecule has 0 heterocycles. The minimum Gasteiger partial charge on any atom is -0.755 e. The van der Waals surface area contributed by atoms with E-state index in [2.05, 4.69) is 4.72 Å². The first kappa shape index (κ1) is 10.2. The standard InChI is InChI=1S/C9H13NO2S/c1-6-4-5-9(10-13(11)12)8(3)7(6)2/h4-5,10H,1-3H3,(H,11,12)/p-1. The number of hydrogen-bond acceptors (Lipinski definition) is 2. The van der Waals surface area contributed by atoms with Gasteiger partial charge in [-0.25, -0.2) is 0 Å². The molecule has 13 heavy (non-hydrogen) atoms. The Morgan fingerprint density at radius 3 is 2.38 bits per heavy atom. The van der Waals surface area contributed by atoms with Crippen molar-refractivity contribution in [1.29, 1.82) is 0 Å². The average molecular weight is 198 g/mol. The zero-order valence-electron chi connectivity index (χ0n) is 7.88. The van der Waals surface area contributed by atoms with Crippen LogP contribution in [0, 0.1) is 20.8 Å². The second-order valence-corrected chi connectivity index (χ2v) is 3.69. The van der Waals surface area contributed by atoms with E-state index in [0.717, 1.165) is 11.1 Å². The van der Waals surface area contributed by atoms with Crippen LogP contribution >= 0.6 is 0 Å². The van der Waals surface area contributed by atoms with Crippen LogP contribution in [0.3, 0.4) is 0 Å². The molecule has 0 saturated heterocycles. The molecule has 1 aromatic carbocycles. The normalized spacial score (nSPS) is 12.6. The predicted molar refractivity (Wildman–Crippen MR) is 53.2 cm³/mol. The van der Waals surface area contributed by atoms with Gasteiger partial charge in [-0.1, -0.05) is 6.07 Å². The summed E-state index contributed by atoms with van der Waals surface area (Å²) in [7, 11) is 0. The minimum absolute atomic E-state index is 0.649. The largest absolute Gasteiger partial charge is 0.755 e. The van der Waals surface area contributed by atoms with Crippen LogP contribution in [0.2, 0.25) is 0 Å². The Balaban J connectivity index is 3.10. The van der Waals surface area contributed by atoms with Crippen molar-refractivity contribution < 1.29 is 8.76 Å². The van der Waals surface area contributed by atoms with Crippen LogP contribution in [0.5, 0.6) is 0 Å². The number of hydrogen-bond donors (Lipinski definition) is 1. The molecule has 1 N–H and O–H groups in total. The fourth-order valence-corrected chi connectivity index (χ4v) is 1.56. The SMILES string of the molecule is Cc1ccc(NS(=O)[O-])c(C)c1C. The van der Waals surface area contributed by atoms with E-state index in [1.165, 1.54) is 5.56 Å². The van der Waals surface area contributed by atoms with Gasteiger partial charge >= 0.3 is 0 Å². The third-order valence-electron chi connectivity index (χ3n) is 2.25. The molecule has 0 aliphatic heterocycles. The molecule has 0 fully saturated rings. The van der Waals surface area contributed by atoms with Gasteiger partial charge in [0.15, 0.2) is 0 Å². The Morgan fingerprint density at radius 1 is 1.23 bits per heavy atom. The monoisotopic (exact) mass is 198 g/mol. The van der Waals surface area contributed by atoms with E-state index in [9.17, 15) is 8.76 Å². The van der Waals surface area contributed by atoms with Gasteiger partial charge in [0, 0.05) is 17.0 Å². The van der Waals surface area contributed by atoms with Crippen LogP contribution in [0.4, 0.5) is 5.69 Å². The lowest BCUT2D eigenvalue weighted by Crippen LogP contribution is -2.04. The molecule has 72 valence electrons. The first-order valence-corrected chi connectivity index (χ1v) is 5.02. The van der Waals surface area contributed by atoms with Gasteiger partial charge in [0.05, 0.1) is 0 Å². The van der Waals surface area contributed by atoms with Crippen molar-refractivity contribution in [1.82, 2.24) is 0 Å². The van der Waals surface area contributed by atoms with E-state index in [-0.39, 0.29) is 0 Å². The van der Waals surface area contributed by atoms with E-state index in [0.29, 0.717) is 5.69 Å². The van der Waals surface area contributed by atoms with E-state index in [1.54, 1.807) is 6.07 Å². The summed E-state index contributed by atoms with van der Waals surface area (Å²) in [6.45, 7) is 5.88. The first-order valence-electron chi connectivity index (χ1n) is 3.95. The van der Waals surface area contributed by atoms with Crippen LogP contribution in [0.1, 0.15) is 16.7 Å². The minimum atomic E-state index is -2.24. The summed E-state index contributed by atoms with van der Waals surface area (Å²) in [6.07, 6.45) is 0. The molecule has 0 spiro atoms. The highest BCUT2D eigenvalue weighted by Crippen LogP contribution is 2.21. The summed E-state index contributed by atoms with van der Waals surface area (Å²) in [6, 6.07) is 3.67. The van der Waals surface area contributed by atoms with E-state index >= 15 is 0 Å². The molecular weight excluding hydrogens is 186 g/mol. The van der Waals surface area contributed by atoms with Gasteiger partial charge < -0.3 is 9.27 Å². The maximum absolute atomic E-state index is 10.4. The van der Waals surface area contributed by atoms with E-state index in [4.69, 9.17) is 0 Å². The zero-order valence-corrected chi connectivity index (χ0v) is 8.70. The number of anilines is 1. The zero-order chi connectivity index (χ0) is 10.0. The summed E-state index contributed by atoms with van der Waals surface area (Å²) >= 11 is -2.24. The number of benzene rings is 1. The summed E-state index contributed by atoms with van der Waals surface area (Å²) in [4.78, 5) is 0. The van der Waals surface area contributed by atoms with Crippen LogP contribution in [-0.4, -0.2) is 8.76 Å². The molecule has 0 aromatic heterocycles. The highest BCUT2D eigenvalue weighted by molar-refractivity contribution is 7.80. The third kappa shape index (κ3) is 2.29. The smallest absolute Gasteiger partial charge is 0.0484 e. The Kier molecular flexibility index (Phi) is 3.06. The maximum Gasteiger partial charge on any atom is 0.0484 e. The summed E-state index contributed by atoms with van der Waals surface area (Å²) < 4.78 is 23.2. The molecule has 0 amide bonds. The van der Waals surface area contributed by atoms with Gasteiger partial charge in [0.1, 0.15) is 0 Å². The Morgan fingerprint density at radius 2 is 1.85 bits per heavy atom. The fraction of sp³-hybridized carbons (Fsp3) is 0.333. The van der Waals surface area contributed by atoms with Crippen molar-refractivity contribution in [2.75, 3.05) is 4.72 Å². The van der Waals surface area contributed by atoms with Gasteiger partial charge in [-0.2, -0.15) is 0 Å². The number of nitrogens with one attached hydrogen (secondary N) is 1. The molecule has 0 bridgehead atoms. The molecule has 0 aliphatic rings. The summed E-state index contributed by atoms with van der Waals surface area (Å²) in [5.41, 5.74) is 3.91. The highest BCUT2D eigenvalue weighted by Gasteiger charge is 2.02. The van der Waals surface area contributed by atoms with Crippen LogP contribution in [0.25, 0.3) is 0 Å². The predicted octanol–water partition coefficient (Wildman–Crippen LogP) is 1.82. The molecule has 1 aromatic rings. The van der Waals surface area contributed by atoms with E-state index in [1.807, 2.05) is 26.8 Å². The number of rotatable bonds is 2. The third-order valence-corrected chi connectivity index (χ3v) is 2.64. The van der Waals surface area contributed by atoms with Crippen molar-refractivity contribution in [3.8, 4) is 0 Å². The molecule has 4 heteroatoms. The topological polar surface area (TPSA) is 52.2 Å². The van der Waals surface area contributed by atoms with Crippen molar-refractivity contribution in [3.05, 3.63) is 28.8 Å². The Hall–Kier alpha value is -0.870. The lowest BCUT2D eigenvalue weighted by molar-refractivity contribution is 0.542. The van der Waals surface area contributed by atoms with Crippen LogP contribution in [-0.2, 0) is 11.3 Å². The van der Waals surface area contributed by atoms with Gasteiger partial charge in [-0.05, 0) is 43.5 Å². The Bertz CT molecular complexity index is 350. The van der Waals surface area contributed by atoms with Crippen molar-refractivity contribution in [3.63, 3.8) is 0 Å². The molecule has 1 unspecified atom stereocenters. The maximum atomic E-state index is 10.4. The fourth-order valence-electron chi connectivity index (χ4n) is 1.16. The molecule has 3 nitrogen and oxygen atoms in total. The molecule has 1 rings (SSSR count). The summed E-state index contributed by atoms with van der Waals surface area (Å²) in [5, 5.41) is 0. The quantitative estimate of drug-likeness (QED) is 0.737. The molecule has 0 saturated carbocycles.